The SMILES string of the molecule is CCCCC(c1cccc2ccccc12)N1CCNCC1. The number of nitrogens with zero attached hydrogens (tertiary/aromatic N) is 1. The first-order valence-corrected chi connectivity index (χ1v) is 8.32. The van der Waals surface area contributed by atoms with Crippen molar-refractivity contribution in [2.24, 2.45) is 0 Å². The maximum Gasteiger partial charge on any atom is 0.0355 e. The van der Waals surface area contributed by atoms with Crippen LogP contribution < -0.4 is 5.32 Å². The topological polar surface area (TPSA) is 15.3 Å². The molecule has 0 spiro atoms. The van der Waals surface area contributed by atoms with Crippen LogP contribution >= 0.6 is 0 Å². The van der Waals surface area contributed by atoms with Crippen LogP contribution in [0.1, 0.15) is 37.8 Å². The van der Waals surface area contributed by atoms with Crippen LogP contribution in [0.15, 0.2) is 42.5 Å². The monoisotopic (exact) mass is 282 g/mol. The molecular weight excluding hydrogens is 256 g/mol. The van der Waals surface area contributed by atoms with Gasteiger partial charge in [0.1, 0.15) is 0 Å². The Bertz CT molecular complexity index is 567. The Morgan fingerprint density at radius 2 is 1.81 bits per heavy atom. The summed E-state index contributed by atoms with van der Waals surface area (Å²) >= 11 is 0. The minimum atomic E-state index is 0.568. The van der Waals surface area contributed by atoms with Crippen LogP contribution in [0.5, 0.6) is 0 Å². The van der Waals surface area contributed by atoms with E-state index in [9.17, 15) is 0 Å². The van der Waals surface area contributed by atoms with Crippen LogP contribution in [-0.2, 0) is 0 Å². The van der Waals surface area contributed by atoms with Crippen molar-refractivity contribution in [3.8, 4) is 0 Å². The van der Waals surface area contributed by atoms with Gasteiger partial charge in [-0.1, -0.05) is 62.2 Å². The maximum absolute atomic E-state index is 3.47. The first-order chi connectivity index (χ1) is 10.4. The van der Waals surface area contributed by atoms with Gasteiger partial charge in [0.2, 0.25) is 0 Å². The molecule has 1 N–H and O–H groups in total. The molecule has 0 radical (unpaired) electrons. The Hall–Kier alpha value is -1.38. The van der Waals surface area contributed by atoms with E-state index >= 15 is 0 Å². The molecule has 0 amide bonds. The molecule has 2 aromatic carbocycles. The minimum absolute atomic E-state index is 0.568. The van der Waals surface area contributed by atoms with E-state index in [-0.39, 0.29) is 0 Å². The van der Waals surface area contributed by atoms with Crippen molar-refractivity contribution in [2.45, 2.75) is 32.2 Å². The lowest BCUT2D eigenvalue weighted by atomic mass is 9.93. The quantitative estimate of drug-likeness (QED) is 0.892. The molecule has 0 bridgehead atoms. The number of piperazine rings is 1. The smallest absolute Gasteiger partial charge is 0.0355 e. The van der Waals surface area contributed by atoms with Gasteiger partial charge in [-0.2, -0.15) is 0 Å². The van der Waals surface area contributed by atoms with E-state index in [2.05, 4.69) is 59.6 Å². The van der Waals surface area contributed by atoms with Crippen LogP contribution in [0.3, 0.4) is 0 Å². The van der Waals surface area contributed by atoms with Crippen molar-refractivity contribution in [3.63, 3.8) is 0 Å². The molecule has 2 heteroatoms. The highest BCUT2D eigenvalue weighted by Crippen LogP contribution is 2.32. The van der Waals surface area contributed by atoms with E-state index in [1.54, 1.807) is 0 Å². The number of nitrogens with one attached hydrogen (secondary N) is 1. The number of hydrogen-bond donors (Lipinski definition) is 1. The molecular formula is C19H26N2. The van der Waals surface area contributed by atoms with Crippen molar-refractivity contribution in [3.05, 3.63) is 48.0 Å². The Morgan fingerprint density at radius 3 is 2.62 bits per heavy atom. The summed E-state index contributed by atoms with van der Waals surface area (Å²) in [7, 11) is 0. The minimum Gasteiger partial charge on any atom is -0.314 e. The third-order valence-electron chi connectivity index (χ3n) is 4.61. The van der Waals surface area contributed by atoms with E-state index in [0.717, 1.165) is 26.2 Å². The lowest BCUT2D eigenvalue weighted by molar-refractivity contribution is 0.164. The van der Waals surface area contributed by atoms with Gasteiger partial charge in [-0.05, 0) is 22.8 Å². The average molecular weight is 282 g/mol. The van der Waals surface area contributed by atoms with Crippen molar-refractivity contribution < 1.29 is 0 Å². The maximum atomic E-state index is 3.47. The average Bonchev–Trinajstić information content (AvgIpc) is 2.56. The van der Waals surface area contributed by atoms with Gasteiger partial charge in [-0.25, -0.2) is 0 Å². The first-order valence-electron chi connectivity index (χ1n) is 8.32. The lowest BCUT2D eigenvalue weighted by Crippen LogP contribution is -2.45. The zero-order valence-electron chi connectivity index (χ0n) is 13.0. The second kappa shape index (κ2) is 7.06. The number of rotatable bonds is 5. The highest BCUT2D eigenvalue weighted by Gasteiger charge is 2.22. The predicted molar refractivity (Wildman–Crippen MR) is 90.7 cm³/mol. The molecule has 2 nitrogen and oxygen atoms in total. The third-order valence-corrected chi connectivity index (χ3v) is 4.61. The predicted octanol–water partition coefficient (Wildman–Crippen LogP) is 3.98. The molecule has 2 aromatic rings. The fraction of sp³-hybridized carbons (Fsp3) is 0.474. The van der Waals surface area contributed by atoms with Gasteiger partial charge < -0.3 is 5.32 Å². The van der Waals surface area contributed by atoms with E-state index in [4.69, 9.17) is 0 Å². The molecule has 21 heavy (non-hydrogen) atoms. The van der Waals surface area contributed by atoms with E-state index in [1.165, 1.54) is 35.6 Å². The highest BCUT2D eigenvalue weighted by molar-refractivity contribution is 5.86. The van der Waals surface area contributed by atoms with Gasteiger partial charge in [0.25, 0.3) is 0 Å². The van der Waals surface area contributed by atoms with Crippen LogP contribution in [0.4, 0.5) is 0 Å². The van der Waals surface area contributed by atoms with Gasteiger partial charge in [0.05, 0.1) is 0 Å². The molecule has 112 valence electrons. The molecule has 0 saturated carbocycles. The molecule has 0 aromatic heterocycles. The van der Waals surface area contributed by atoms with Crippen molar-refractivity contribution in [2.75, 3.05) is 26.2 Å². The second-order valence-electron chi connectivity index (χ2n) is 6.01. The number of hydrogen-bond acceptors (Lipinski definition) is 2. The molecule has 1 aliphatic rings. The summed E-state index contributed by atoms with van der Waals surface area (Å²) in [5, 5.41) is 6.27. The molecule has 1 atom stereocenters. The summed E-state index contributed by atoms with van der Waals surface area (Å²) in [6, 6.07) is 16.2. The Labute approximate surface area is 128 Å². The molecule has 0 aliphatic carbocycles. The normalized spacial score (nSPS) is 18.0. The molecule has 1 aliphatic heterocycles. The molecule has 1 unspecified atom stereocenters. The van der Waals surface area contributed by atoms with E-state index in [0.29, 0.717) is 6.04 Å². The summed E-state index contributed by atoms with van der Waals surface area (Å²) < 4.78 is 0. The third kappa shape index (κ3) is 3.28. The fourth-order valence-corrected chi connectivity index (χ4v) is 3.47. The molecule has 1 heterocycles. The van der Waals surface area contributed by atoms with Gasteiger partial charge in [0.15, 0.2) is 0 Å². The molecule has 3 rings (SSSR count). The van der Waals surface area contributed by atoms with Crippen LogP contribution in [-0.4, -0.2) is 31.1 Å². The zero-order chi connectivity index (χ0) is 14.5. The van der Waals surface area contributed by atoms with Crippen molar-refractivity contribution >= 4 is 10.8 Å². The van der Waals surface area contributed by atoms with Crippen LogP contribution in [0.2, 0.25) is 0 Å². The first kappa shape index (κ1) is 14.6. The number of fused-ring (bicyclic) bond motifs is 1. The van der Waals surface area contributed by atoms with Crippen LogP contribution in [0.25, 0.3) is 10.8 Å². The van der Waals surface area contributed by atoms with E-state index < -0.39 is 0 Å². The van der Waals surface area contributed by atoms with Crippen molar-refractivity contribution in [1.82, 2.24) is 10.2 Å². The van der Waals surface area contributed by atoms with Gasteiger partial charge in [-0.3, -0.25) is 4.90 Å². The summed E-state index contributed by atoms with van der Waals surface area (Å²) in [6.07, 6.45) is 3.84. The Kier molecular flexibility index (Phi) is 4.89. The van der Waals surface area contributed by atoms with E-state index in [1.807, 2.05) is 0 Å². The van der Waals surface area contributed by atoms with Crippen molar-refractivity contribution in [1.29, 1.82) is 0 Å². The Balaban J connectivity index is 1.96. The second-order valence-corrected chi connectivity index (χ2v) is 6.01. The zero-order valence-corrected chi connectivity index (χ0v) is 13.0. The summed E-state index contributed by atoms with van der Waals surface area (Å²) in [4.78, 5) is 2.67. The molecule has 1 saturated heterocycles. The van der Waals surface area contributed by atoms with Gasteiger partial charge in [-0.15, -0.1) is 0 Å². The summed E-state index contributed by atoms with van der Waals surface area (Å²) in [5.41, 5.74) is 1.52. The highest BCUT2D eigenvalue weighted by atomic mass is 15.2. The fourth-order valence-electron chi connectivity index (χ4n) is 3.47. The lowest BCUT2D eigenvalue weighted by Gasteiger charge is -2.36. The Morgan fingerprint density at radius 1 is 1.05 bits per heavy atom. The molecule has 1 fully saturated rings. The van der Waals surface area contributed by atoms with Crippen LogP contribution in [0, 0.1) is 0 Å². The standard InChI is InChI=1S/C19H26N2/c1-2-3-11-19(21-14-12-20-13-15-21)18-10-6-8-16-7-4-5-9-17(16)18/h4-10,19-20H,2-3,11-15H2,1H3. The van der Waals surface area contributed by atoms with Gasteiger partial charge in [0, 0.05) is 32.2 Å². The summed E-state index contributed by atoms with van der Waals surface area (Å²) in [5.74, 6) is 0. The number of benzene rings is 2. The van der Waals surface area contributed by atoms with Gasteiger partial charge >= 0.3 is 0 Å². The number of unbranched alkanes of at least 4 members (excludes halogenated alkanes) is 1. The summed E-state index contributed by atoms with van der Waals surface area (Å²) in [6.45, 7) is 6.86. The largest absolute Gasteiger partial charge is 0.314 e.